The Morgan fingerprint density at radius 2 is 1.18 bits per heavy atom. The van der Waals surface area contributed by atoms with Crippen LogP contribution in [0.5, 0.6) is 5.75 Å². The topological polar surface area (TPSA) is 485 Å². The third kappa shape index (κ3) is 21.6. The zero-order chi connectivity index (χ0) is 70.3. The fraction of sp³-hybridized carbons (Fsp3) is 0.439. The maximum atomic E-state index is 15.1. The maximum Gasteiger partial charge on any atom is 0.300 e. The first kappa shape index (κ1) is 73.6. The summed E-state index contributed by atoms with van der Waals surface area (Å²) in [6, 6.07) is 8.42. The number of phenols is 1. The third-order valence-electron chi connectivity index (χ3n) is 16.3. The number of hydrogen-bond acceptors (Lipinski definition) is 15. The van der Waals surface area contributed by atoms with Gasteiger partial charge in [-0.25, -0.2) is 4.98 Å². The Bertz CT molecular complexity index is 3750. The summed E-state index contributed by atoms with van der Waals surface area (Å²) in [6.07, 6.45) is 7.10. The van der Waals surface area contributed by atoms with Gasteiger partial charge < -0.3 is 94.5 Å². The van der Waals surface area contributed by atoms with E-state index in [1.807, 2.05) is 38.1 Å². The standard InChI is InChI=1S/C64H83N17O12.C2H4O2/c1-4-68-62(92)53-16-10-24-81(53)63(93)46(15-9-23-69-64(65)66)74-56(86)47(25-35(2)3)75-58(88)49(27-37-30-70-43-13-7-5-11-41(37)43)77-57(87)48(26-36-17-19-40(83)20-18-36)76-61(91)52(33-82)80-59(89)50(28-38-31-71-44-14-8-6-12-42(38)44)78-60(90)51(29-39-32-67-34-72-39)79-55(85)45-21-22-54(84)73-45;1-2(3)4/h5-8,11-14,17-20,30-32,34-35,45-53,70-71,82-83H,4,9-10,15-16,21-29,33H2,1-3H3,(H,67,72)(H,68,92)(H,73,84)(H,74,86)(H,75,88)(H,76,91)(H,77,87)(H,78,90)(H,79,85)(H,80,89)(H4,65,66,69);1H3,(H,3,4)/t45-,46-,47-,48-,49+,50-,51-,52-,53?;/m0./s1. The molecular weight excluding hydrogens is 1250 g/mol. The zero-order valence-electron chi connectivity index (χ0n) is 54.4. The van der Waals surface area contributed by atoms with Gasteiger partial charge in [-0.05, 0) is 92.3 Å². The van der Waals surface area contributed by atoms with E-state index in [-0.39, 0.29) is 100 Å². The molecule has 9 atom stereocenters. The van der Waals surface area contributed by atoms with Crippen LogP contribution in [-0.4, -0.2) is 192 Å². The molecule has 0 spiro atoms. The number of nitrogens with one attached hydrogen (secondary N) is 12. The number of hydrogen-bond donors (Lipinski definition) is 17. The number of amides is 10. The van der Waals surface area contributed by atoms with E-state index < -0.39 is 114 Å². The van der Waals surface area contributed by atoms with Crippen LogP contribution in [0.15, 0.2) is 103 Å². The Morgan fingerprint density at radius 1 is 0.660 bits per heavy atom. The number of guanidine groups is 1. The van der Waals surface area contributed by atoms with Crippen molar-refractivity contribution < 1.29 is 68.1 Å². The molecule has 0 saturated carbocycles. The number of aromatic nitrogens is 4. The number of H-pyrrole nitrogens is 3. The molecule has 1 unspecified atom stereocenters. The van der Waals surface area contributed by atoms with Gasteiger partial charge in [-0.2, -0.15) is 0 Å². The number of nitrogens with two attached hydrogens (primary N) is 2. The molecule has 3 aromatic heterocycles. The largest absolute Gasteiger partial charge is 0.508 e. The van der Waals surface area contributed by atoms with Crippen LogP contribution in [-0.2, 0) is 78.4 Å². The molecule has 2 saturated heterocycles. The molecule has 2 fully saturated rings. The zero-order valence-corrected chi connectivity index (χ0v) is 54.4. The van der Waals surface area contributed by atoms with Gasteiger partial charge in [0.05, 0.1) is 12.9 Å². The number of imidazole rings is 1. The van der Waals surface area contributed by atoms with E-state index in [1.165, 1.54) is 41.7 Å². The Morgan fingerprint density at radius 3 is 1.69 bits per heavy atom. The van der Waals surface area contributed by atoms with Gasteiger partial charge in [0, 0.05) is 105 Å². The smallest absolute Gasteiger partial charge is 0.300 e. The number of carboxylic acid groups (broad SMARTS) is 1. The molecule has 2 aliphatic rings. The number of aliphatic hydroxyl groups is 1. The lowest BCUT2D eigenvalue weighted by Crippen LogP contribution is -2.61. The van der Waals surface area contributed by atoms with E-state index in [4.69, 9.17) is 21.4 Å². The predicted molar refractivity (Wildman–Crippen MR) is 356 cm³/mol. The van der Waals surface area contributed by atoms with Crippen LogP contribution >= 0.6 is 0 Å². The van der Waals surface area contributed by atoms with Crippen molar-refractivity contribution in [1.29, 1.82) is 0 Å². The molecule has 0 bridgehead atoms. The average Bonchev–Trinajstić information content (AvgIpc) is 1.67. The fourth-order valence-electron chi connectivity index (χ4n) is 11.5. The third-order valence-corrected chi connectivity index (χ3v) is 16.3. The number of aromatic amines is 3. The molecule has 10 amide bonds. The first-order valence-electron chi connectivity index (χ1n) is 32.1. The van der Waals surface area contributed by atoms with Crippen molar-refractivity contribution in [3.8, 4) is 5.75 Å². The summed E-state index contributed by atoms with van der Waals surface area (Å²) in [5.41, 5.74) is 14.6. The van der Waals surface area contributed by atoms with Crippen molar-refractivity contribution in [2.75, 3.05) is 26.2 Å². The van der Waals surface area contributed by atoms with Gasteiger partial charge in [0.15, 0.2) is 5.96 Å². The number of nitrogens with zero attached hydrogens (tertiary/aromatic N) is 3. The number of rotatable bonds is 32. The lowest BCUT2D eigenvalue weighted by Gasteiger charge is -2.30. The minimum atomic E-state index is -1.78. The van der Waals surface area contributed by atoms with Crippen LogP contribution in [0.3, 0.4) is 0 Å². The Balaban J connectivity index is 0.00000322. The molecule has 97 heavy (non-hydrogen) atoms. The lowest BCUT2D eigenvalue weighted by molar-refractivity contribution is -0.142. The number of para-hydroxylation sites is 2. The van der Waals surface area contributed by atoms with Gasteiger partial charge >= 0.3 is 0 Å². The summed E-state index contributed by atoms with van der Waals surface area (Å²) in [7, 11) is 0. The van der Waals surface area contributed by atoms with E-state index in [0.29, 0.717) is 63.6 Å². The van der Waals surface area contributed by atoms with Crippen LogP contribution in [0.4, 0.5) is 0 Å². The summed E-state index contributed by atoms with van der Waals surface area (Å²) < 4.78 is 0. The second-order valence-electron chi connectivity index (χ2n) is 24.2. The Labute approximate surface area is 558 Å². The highest BCUT2D eigenvalue weighted by Gasteiger charge is 2.40. The molecule has 520 valence electrons. The second kappa shape index (κ2) is 35.6. The Kier molecular flexibility index (Phi) is 27.0. The van der Waals surface area contributed by atoms with Crippen molar-refractivity contribution >= 4 is 92.8 Å². The summed E-state index contributed by atoms with van der Waals surface area (Å²) in [5.74, 6) is -8.42. The van der Waals surface area contributed by atoms with Gasteiger partial charge in [-0.1, -0.05) is 62.4 Å². The normalized spacial score (nSPS) is 16.4. The first-order chi connectivity index (χ1) is 46.4. The molecule has 19 N–H and O–H groups in total. The molecular formula is C66H87N17O14. The summed E-state index contributed by atoms with van der Waals surface area (Å²) in [4.78, 5) is 169. The van der Waals surface area contributed by atoms with Crippen molar-refractivity contribution in [2.24, 2.45) is 22.4 Å². The minimum absolute atomic E-state index is 0.0647. The number of fused-ring (bicyclic) bond motifs is 2. The molecule has 3 aromatic carbocycles. The van der Waals surface area contributed by atoms with E-state index in [9.17, 15) is 48.6 Å². The highest BCUT2D eigenvalue weighted by molar-refractivity contribution is 6.00. The summed E-state index contributed by atoms with van der Waals surface area (Å²) in [6.45, 7) is 6.23. The number of likely N-dealkylation sites (N-methyl/N-ethyl adjacent to an activating group) is 1. The quantitative estimate of drug-likeness (QED) is 0.0141. The number of carboxylic acids is 1. The van der Waals surface area contributed by atoms with Crippen LogP contribution in [0.25, 0.3) is 21.8 Å². The highest BCUT2D eigenvalue weighted by Crippen LogP contribution is 2.24. The molecule has 5 heterocycles. The second-order valence-corrected chi connectivity index (χ2v) is 24.2. The molecule has 0 radical (unpaired) electrons. The number of aromatic hydroxyl groups is 1. The number of aliphatic hydroxyl groups excluding tert-OH is 1. The maximum absolute atomic E-state index is 15.1. The van der Waals surface area contributed by atoms with Gasteiger partial charge in [0.2, 0.25) is 59.1 Å². The van der Waals surface area contributed by atoms with E-state index in [1.54, 1.807) is 43.6 Å². The molecule has 0 aliphatic carbocycles. The SMILES string of the molecule is CC(=O)O.CCNC(=O)C1CCCN1C(=O)[C@H](CCCN=C(N)N)NC(=O)[C@H](CC(C)C)NC(=O)[C@@H](Cc1c[nH]c2ccccc12)NC(=O)[C@H](Cc1ccc(O)cc1)NC(=O)[C@H](CO)NC(=O)[C@H](Cc1c[nH]c2ccccc12)NC(=O)[C@H](Cc1cnc[nH]1)NC(=O)[C@@H]1CCC(=O)N1. The van der Waals surface area contributed by atoms with Crippen molar-refractivity contribution in [1.82, 2.24) is 72.7 Å². The number of likely N-dealkylation sites (tertiary alicyclic amines) is 1. The number of aliphatic carboxylic acids is 1. The lowest BCUT2D eigenvalue weighted by atomic mass is 9.99. The minimum Gasteiger partial charge on any atom is -0.508 e. The van der Waals surface area contributed by atoms with Crippen molar-refractivity contribution in [3.05, 3.63) is 120 Å². The highest BCUT2D eigenvalue weighted by atomic mass is 16.4. The van der Waals surface area contributed by atoms with E-state index >= 15 is 9.59 Å². The van der Waals surface area contributed by atoms with Gasteiger partial charge in [-0.15, -0.1) is 0 Å². The fourth-order valence-corrected chi connectivity index (χ4v) is 11.5. The van der Waals surface area contributed by atoms with Crippen LogP contribution in [0.2, 0.25) is 0 Å². The van der Waals surface area contributed by atoms with Crippen LogP contribution in [0.1, 0.15) is 95.0 Å². The number of phenolic OH excluding ortho intramolecular Hbond substituents is 1. The van der Waals surface area contributed by atoms with Crippen molar-refractivity contribution in [3.63, 3.8) is 0 Å². The van der Waals surface area contributed by atoms with Crippen molar-refractivity contribution in [2.45, 2.75) is 153 Å². The number of aliphatic imine (C=N–C) groups is 1. The van der Waals surface area contributed by atoms with Crippen LogP contribution < -0.4 is 59.3 Å². The summed E-state index contributed by atoms with van der Waals surface area (Å²) in [5, 5.41) is 54.4. The molecule has 31 nitrogen and oxygen atoms in total. The number of carbonyl (C=O) groups is 11. The predicted octanol–water partition coefficient (Wildman–Crippen LogP) is -0.669. The molecule has 6 aromatic rings. The Hall–Kier alpha value is -10.9. The van der Waals surface area contributed by atoms with E-state index in [0.717, 1.165) is 6.92 Å². The van der Waals surface area contributed by atoms with Gasteiger partial charge in [-0.3, -0.25) is 57.7 Å². The number of carbonyl (C=O) groups excluding carboxylic acids is 10. The van der Waals surface area contributed by atoms with Gasteiger partial charge in [0.25, 0.3) is 5.97 Å². The molecule has 8 rings (SSSR count). The molecule has 31 heteroatoms. The van der Waals surface area contributed by atoms with Gasteiger partial charge in [0.1, 0.15) is 60.1 Å². The van der Waals surface area contributed by atoms with Crippen LogP contribution in [0, 0.1) is 5.92 Å². The monoisotopic (exact) mass is 1340 g/mol. The molecule has 2 aliphatic heterocycles. The average molecular weight is 1340 g/mol. The number of benzene rings is 3. The first-order valence-corrected chi connectivity index (χ1v) is 32.1. The summed E-state index contributed by atoms with van der Waals surface area (Å²) >= 11 is 0. The van der Waals surface area contributed by atoms with E-state index in [2.05, 4.69) is 72.8 Å².